The van der Waals surface area contributed by atoms with Crippen molar-refractivity contribution in [3.8, 4) is 0 Å². The smallest absolute Gasteiger partial charge is 0.475 e. The molecule has 99 heavy (non-hydrogen) atoms. The van der Waals surface area contributed by atoms with Crippen molar-refractivity contribution in [2.24, 2.45) is 22.2 Å². The van der Waals surface area contributed by atoms with E-state index in [0.29, 0.717) is 87.7 Å². The SMILES string of the molecule is CC(=O)N[C@@H](CCCN)C(=O)NC(=O)[C@H](C)NC(=O)[C@H](CCN=C(N)N)NCCN1CCN(CC(=O)NC2CCN(CC(=O)N3c4ccccc4NC(=O)c4ccccc43)CC2)CC1.O=C(O)C(F)(F)F.O=C(O)C(F)(F)F.O=C(O)C(F)(F)F.O=C(O)C(F)(F)F.O=C(O)C(F)(F)F. The molecule has 3 aliphatic heterocycles. The zero-order valence-corrected chi connectivity index (χ0v) is 51.7. The number of nitrogens with zero attached hydrogens (tertiary/aromatic N) is 5. The van der Waals surface area contributed by atoms with E-state index in [9.17, 15) is 99.4 Å². The van der Waals surface area contributed by atoms with Gasteiger partial charge < -0.3 is 69.3 Å². The Labute approximate surface area is 549 Å². The molecule has 0 radical (unpaired) electrons. The summed E-state index contributed by atoms with van der Waals surface area (Å²) in [7, 11) is 0. The van der Waals surface area contributed by atoms with Crippen molar-refractivity contribution in [3.63, 3.8) is 0 Å². The summed E-state index contributed by atoms with van der Waals surface area (Å²) < 4.78 is 159. The number of aliphatic carboxylic acids is 5. The second-order valence-electron chi connectivity index (χ2n) is 20.3. The van der Waals surface area contributed by atoms with Crippen LogP contribution in [0.15, 0.2) is 53.5 Å². The van der Waals surface area contributed by atoms with Gasteiger partial charge >= 0.3 is 60.7 Å². The highest BCUT2D eigenvalue weighted by molar-refractivity contribution is 6.18. The van der Waals surface area contributed by atoms with Crippen LogP contribution in [0.3, 0.4) is 0 Å². The maximum Gasteiger partial charge on any atom is 0.490 e. The topological polar surface area (TPSA) is 482 Å². The molecule has 2 aromatic carbocycles. The highest BCUT2D eigenvalue weighted by Gasteiger charge is 2.41. The predicted octanol–water partition coefficient (Wildman–Crippen LogP) is 1.29. The Morgan fingerprint density at radius 2 is 1.02 bits per heavy atom. The number of piperidine rings is 1. The van der Waals surface area contributed by atoms with Crippen LogP contribution >= 0.6 is 0 Å². The van der Waals surface area contributed by atoms with Crippen LogP contribution in [-0.4, -0.2) is 251 Å². The average molecular weight is 1460 g/mol. The number of piperazine rings is 1. The van der Waals surface area contributed by atoms with Gasteiger partial charge in [-0.3, -0.25) is 63.5 Å². The van der Waals surface area contributed by atoms with Crippen molar-refractivity contribution in [2.75, 3.05) is 88.8 Å². The molecule has 2 saturated heterocycles. The number of guanidine groups is 1. The monoisotopic (exact) mass is 1460 g/mol. The number of likely N-dealkylation sites (tertiary alicyclic amines) is 1. The number of aliphatic imine (C=N–C) groups is 1. The Bertz CT molecular complexity index is 2940. The number of benzene rings is 2. The van der Waals surface area contributed by atoms with Gasteiger partial charge in [0, 0.05) is 71.9 Å². The molecule has 2 fully saturated rings. The van der Waals surface area contributed by atoms with Crippen LogP contribution in [0.5, 0.6) is 0 Å². The van der Waals surface area contributed by atoms with Gasteiger partial charge in [0.15, 0.2) is 5.96 Å². The summed E-state index contributed by atoms with van der Waals surface area (Å²) in [4.78, 5) is 147. The number of nitrogens with one attached hydrogen (secondary N) is 6. The number of anilines is 3. The van der Waals surface area contributed by atoms with E-state index >= 15 is 0 Å². The predicted molar refractivity (Wildman–Crippen MR) is 311 cm³/mol. The molecule has 46 heteroatoms. The van der Waals surface area contributed by atoms with Gasteiger partial charge in [0.2, 0.25) is 35.4 Å². The molecular weight excluding hydrogens is 1390 g/mol. The maximum absolute atomic E-state index is 13.9. The summed E-state index contributed by atoms with van der Waals surface area (Å²) in [5, 5.41) is 52.4. The number of carboxylic acid groups (broad SMARTS) is 5. The largest absolute Gasteiger partial charge is 0.490 e. The third-order valence-electron chi connectivity index (χ3n) is 12.6. The molecule has 558 valence electrons. The van der Waals surface area contributed by atoms with Gasteiger partial charge in [-0.2, -0.15) is 65.9 Å². The zero-order chi connectivity index (χ0) is 76.6. The number of fused-ring (bicyclic) bond motifs is 2. The highest BCUT2D eigenvalue weighted by atomic mass is 19.4. The molecule has 0 aromatic heterocycles. The van der Waals surface area contributed by atoms with E-state index in [1.165, 1.54) is 13.8 Å². The van der Waals surface area contributed by atoms with Crippen molar-refractivity contribution in [1.29, 1.82) is 0 Å². The summed E-state index contributed by atoms with van der Waals surface area (Å²) in [5.74, 6) is -16.7. The van der Waals surface area contributed by atoms with Gasteiger partial charge in [-0.25, -0.2) is 24.0 Å². The Morgan fingerprint density at radius 1 is 0.586 bits per heavy atom. The molecule has 31 nitrogen and oxygen atoms in total. The van der Waals surface area contributed by atoms with E-state index in [-0.39, 0.29) is 62.2 Å². The van der Waals surface area contributed by atoms with E-state index in [1.54, 1.807) is 29.2 Å². The molecule has 0 aliphatic carbocycles. The van der Waals surface area contributed by atoms with Gasteiger partial charge in [0.25, 0.3) is 5.91 Å². The minimum atomic E-state index is -5.08. The number of amides is 7. The van der Waals surface area contributed by atoms with Gasteiger partial charge in [-0.05, 0) is 69.8 Å². The molecule has 3 aliphatic rings. The summed E-state index contributed by atoms with van der Waals surface area (Å²) in [5.41, 5.74) is 18.7. The van der Waals surface area contributed by atoms with E-state index in [2.05, 4.69) is 51.6 Å². The first kappa shape index (κ1) is 89.3. The first-order valence-corrected chi connectivity index (χ1v) is 28.1. The number of rotatable bonds is 20. The number of para-hydroxylation sites is 3. The number of carbonyl (C=O) groups excluding carboxylic acids is 7. The van der Waals surface area contributed by atoms with Crippen molar-refractivity contribution in [2.45, 2.75) is 101 Å². The van der Waals surface area contributed by atoms with Gasteiger partial charge in [-0.15, -0.1) is 0 Å². The lowest BCUT2D eigenvalue weighted by atomic mass is 10.0. The Balaban J connectivity index is 0.00000222. The lowest BCUT2D eigenvalue weighted by Crippen LogP contribution is -2.56. The molecule has 5 rings (SSSR count). The normalized spacial score (nSPS) is 15.2. The molecule has 3 atom stereocenters. The maximum atomic E-state index is 13.9. The van der Waals surface area contributed by atoms with Crippen molar-refractivity contribution in [1.82, 2.24) is 41.3 Å². The lowest BCUT2D eigenvalue weighted by molar-refractivity contribution is -0.193. The van der Waals surface area contributed by atoms with E-state index in [1.807, 2.05) is 24.3 Å². The third-order valence-corrected chi connectivity index (χ3v) is 12.6. The number of alkyl halides is 15. The molecule has 3 heterocycles. The number of halogens is 15. The molecule has 7 amide bonds. The van der Waals surface area contributed by atoms with Crippen LogP contribution in [0.1, 0.15) is 56.3 Å². The van der Waals surface area contributed by atoms with E-state index < -0.39 is 102 Å². The van der Waals surface area contributed by atoms with Gasteiger partial charge in [-0.1, -0.05) is 24.3 Å². The Kier molecular flexibility index (Phi) is 37.5. The first-order valence-electron chi connectivity index (χ1n) is 28.1. The Morgan fingerprint density at radius 3 is 1.46 bits per heavy atom. The number of nitrogens with two attached hydrogens (primary N) is 3. The molecule has 0 unspecified atom stereocenters. The van der Waals surface area contributed by atoms with Crippen LogP contribution in [0.2, 0.25) is 0 Å². The zero-order valence-electron chi connectivity index (χ0n) is 51.7. The Hall–Kier alpha value is -9.70. The van der Waals surface area contributed by atoms with Crippen molar-refractivity contribution in [3.05, 3.63) is 54.1 Å². The summed E-state index contributed by atoms with van der Waals surface area (Å²) in [6, 6.07) is 11.6. The van der Waals surface area contributed by atoms with Crippen LogP contribution in [-0.2, 0) is 52.7 Å². The molecule has 0 bridgehead atoms. The second-order valence-corrected chi connectivity index (χ2v) is 20.3. The van der Waals surface area contributed by atoms with Crippen LogP contribution < -0.4 is 54.0 Å². The fraction of sp³-hybridized carbons (Fsp3) is 0.528. The average Bonchev–Trinajstić information content (AvgIpc) is 1.68. The standard InChI is InChI=1S/C43H64N14O7.5C2HF3O2/c1-28(39(61)53-42(64)34(10-7-16-44)50-29(2)58)49-41(63)33(13-17-48-43(45)46)47-18-21-54-22-24-56(25-23-54)26-37(59)51-30-14-19-55(20-15-30)27-38(60)57-35-11-5-3-8-31(35)40(62)52-32-9-4-6-12-36(32)57;5*3-2(4,5)1(6)7/h3-6,8-9,11-12,28,30,33-34,47H,7,10,13-27,44H2,1-2H3,(H,49,63)(H,50,58)(H,51,59)(H,52,62)(H4,45,46,48)(H,53,61,64);5*(H,6,7)/t28-,33-,34-;;;;;/m0...../s1. The van der Waals surface area contributed by atoms with Crippen molar-refractivity contribution >= 4 is 94.2 Å². The molecule has 0 spiro atoms. The van der Waals surface area contributed by atoms with Crippen LogP contribution in [0, 0.1) is 0 Å². The minimum Gasteiger partial charge on any atom is -0.475 e. The summed E-state index contributed by atoms with van der Waals surface area (Å²) >= 11 is 0. The lowest BCUT2D eigenvalue weighted by Gasteiger charge is -2.36. The quantitative estimate of drug-likeness (QED) is 0.0504. The van der Waals surface area contributed by atoms with E-state index in [0.717, 1.165) is 13.1 Å². The fourth-order valence-electron chi connectivity index (χ4n) is 7.95. The number of hydrogen-bond donors (Lipinski definition) is 14. The number of hydrogen-bond acceptors (Lipinski definition) is 18. The number of carboxylic acids is 5. The second kappa shape index (κ2) is 41.5. The molecule has 2 aromatic rings. The number of carbonyl (C=O) groups is 12. The highest BCUT2D eigenvalue weighted by Crippen LogP contribution is 2.38. The summed E-state index contributed by atoms with van der Waals surface area (Å²) in [6.45, 7) is 8.80. The van der Waals surface area contributed by atoms with Gasteiger partial charge in [0.05, 0.1) is 41.8 Å². The molecular formula is C53H69F15N14O17. The summed E-state index contributed by atoms with van der Waals surface area (Å²) in [6.07, 6.45) is -23.0. The van der Waals surface area contributed by atoms with Crippen LogP contribution in [0.4, 0.5) is 82.9 Å². The number of imide groups is 1. The molecule has 17 N–H and O–H groups in total. The third kappa shape index (κ3) is 36.5. The fourth-order valence-corrected chi connectivity index (χ4v) is 7.95. The van der Waals surface area contributed by atoms with E-state index in [4.69, 9.17) is 66.7 Å². The molecule has 0 saturated carbocycles. The minimum absolute atomic E-state index is 0.00136. The first-order chi connectivity index (χ1) is 45.4. The van der Waals surface area contributed by atoms with Crippen LogP contribution in [0.25, 0.3) is 0 Å². The van der Waals surface area contributed by atoms with Gasteiger partial charge in [0.1, 0.15) is 12.1 Å². The van der Waals surface area contributed by atoms with Crippen molar-refractivity contribution < 1.29 is 149 Å².